The van der Waals surface area contributed by atoms with E-state index in [-0.39, 0.29) is 11.9 Å². The normalized spacial score (nSPS) is 12.3. The summed E-state index contributed by atoms with van der Waals surface area (Å²) in [6, 6.07) is 13.8. The summed E-state index contributed by atoms with van der Waals surface area (Å²) in [7, 11) is 0. The minimum atomic E-state index is -0.297. The molecule has 0 radical (unpaired) electrons. The molecule has 0 aliphatic heterocycles. The lowest BCUT2D eigenvalue weighted by Gasteiger charge is -2.10. The summed E-state index contributed by atoms with van der Waals surface area (Å²) in [5, 5.41) is 8.90. The van der Waals surface area contributed by atoms with Crippen molar-refractivity contribution in [3.63, 3.8) is 0 Å². The lowest BCUT2D eigenvalue weighted by Crippen LogP contribution is -2.28. The summed E-state index contributed by atoms with van der Waals surface area (Å²) >= 11 is 0. The number of benzene rings is 2. The molecule has 0 spiro atoms. The highest BCUT2D eigenvalue weighted by Gasteiger charge is 2.15. The van der Waals surface area contributed by atoms with Gasteiger partial charge in [0.15, 0.2) is 5.82 Å². The highest BCUT2D eigenvalue weighted by atomic mass is 16.5. The van der Waals surface area contributed by atoms with Crippen LogP contribution in [0.4, 0.5) is 0 Å². The maximum absolute atomic E-state index is 12.1. The van der Waals surface area contributed by atoms with Crippen LogP contribution in [0, 0.1) is 6.92 Å². The van der Waals surface area contributed by atoms with E-state index in [0.29, 0.717) is 18.1 Å². The first-order chi connectivity index (χ1) is 10.6. The van der Waals surface area contributed by atoms with Gasteiger partial charge in [-0.3, -0.25) is 4.79 Å². The van der Waals surface area contributed by atoms with Crippen molar-refractivity contribution in [3.8, 4) is 0 Å². The Balaban J connectivity index is 1.67. The zero-order valence-electron chi connectivity index (χ0n) is 12.5. The number of carbonyl (C=O) groups is 1. The van der Waals surface area contributed by atoms with Crippen LogP contribution in [0.15, 0.2) is 47.0 Å². The number of carbonyl (C=O) groups excluding carboxylic acids is 1. The van der Waals surface area contributed by atoms with Gasteiger partial charge in [0.25, 0.3) is 0 Å². The second kappa shape index (κ2) is 5.97. The van der Waals surface area contributed by atoms with E-state index in [1.54, 1.807) is 6.92 Å². The Morgan fingerprint density at radius 2 is 2.00 bits per heavy atom. The van der Waals surface area contributed by atoms with Gasteiger partial charge in [-0.15, -0.1) is 0 Å². The summed E-state index contributed by atoms with van der Waals surface area (Å²) in [5.74, 6) is 0.911. The summed E-state index contributed by atoms with van der Waals surface area (Å²) in [6.45, 7) is 3.57. The number of hydrogen-bond donors (Lipinski definition) is 1. The van der Waals surface area contributed by atoms with Crippen LogP contribution in [-0.4, -0.2) is 16.0 Å². The van der Waals surface area contributed by atoms with Crippen molar-refractivity contribution in [1.29, 1.82) is 0 Å². The molecule has 0 bridgehead atoms. The van der Waals surface area contributed by atoms with Crippen molar-refractivity contribution in [2.24, 2.45) is 0 Å². The first kappa shape index (κ1) is 14.3. The molecule has 0 saturated heterocycles. The van der Waals surface area contributed by atoms with Gasteiger partial charge in [-0.05, 0) is 30.2 Å². The monoisotopic (exact) mass is 295 g/mol. The molecule has 3 rings (SSSR count). The van der Waals surface area contributed by atoms with Crippen LogP contribution in [0.5, 0.6) is 0 Å². The summed E-state index contributed by atoms with van der Waals surface area (Å²) in [5.41, 5.74) is 0.977. The van der Waals surface area contributed by atoms with Gasteiger partial charge in [-0.25, -0.2) is 0 Å². The van der Waals surface area contributed by atoms with Crippen LogP contribution >= 0.6 is 0 Å². The molecule has 0 unspecified atom stereocenters. The van der Waals surface area contributed by atoms with Gasteiger partial charge >= 0.3 is 0 Å². The van der Waals surface area contributed by atoms with Crippen LogP contribution in [0.3, 0.4) is 0 Å². The Labute approximate surface area is 128 Å². The third-order valence-corrected chi connectivity index (χ3v) is 3.47. The molecule has 5 heteroatoms. The molecule has 0 aliphatic rings. The summed E-state index contributed by atoms with van der Waals surface area (Å²) in [6.07, 6.45) is 0.322. The van der Waals surface area contributed by atoms with Crippen molar-refractivity contribution in [2.45, 2.75) is 26.3 Å². The molecule has 1 N–H and O–H groups in total. The summed E-state index contributed by atoms with van der Waals surface area (Å²) in [4.78, 5) is 16.3. The second-order valence-corrected chi connectivity index (χ2v) is 5.33. The predicted molar refractivity (Wildman–Crippen MR) is 83.2 cm³/mol. The Morgan fingerprint density at radius 3 is 2.73 bits per heavy atom. The molecule has 112 valence electrons. The molecule has 3 aromatic rings. The van der Waals surface area contributed by atoms with Gasteiger partial charge in [0.05, 0.1) is 6.42 Å². The van der Waals surface area contributed by atoms with Crippen molar-refractivity contribution in [2.75, 3.05) is 0 Å². The minimum absolute atomic E-state index is 0.0707. The Bertz CT molecular complexity index is 810. The van der Waals surface area contributed by atoms with Crippen LogP contribution in [0.25, 0.3) is 10.8 Å². The van der Waals surface area contributed by atoms with Gasteiger partial charge in [0.2, 0.25) is 11.8 Å². The molecule has 22 heavy (non-hydrogen) atoms. The maximum Gasteiger partial charge on any atom is 0.248 e. The highest BCUT2D eigenvalue weighted by molar-refractivity contribution is 5.85. The van der Waals surface area contributed by atoms with Crippen molar-refractivity contribution in [3.05, 3.63) is 59.7 Å². The molecule has 1 aromatic heterocycles. The van der Waals surface area contributed by atoms with Gasteiger partial charge < -0.3 is 9.84 Å². The maximum atomic E-state index is 12.1. The van der Waals surface area contributed by atoms with E-state index >= 15 is 0 Å². The van der Waals surface area contributed by atoms with E-state index in [2.05, 4.69) is 21.5 Å². The Hall–Kier alpha value is -2.69. The molecule has 0 saturated carbocycles. The van der Waals surface area contributed by atoms with E-state index < -0.39 is 0 Å². The lowest BCUT2D eigenvalue weighted by atomic mass is 10.0. The van der Waals surface area contributed by atoms with E-state index in [4.69, 9.17) is 4.52 Å². The molecule has 1 amide bonds. The van der Waals surface area contributed by atoms with Crippen LogP contribution in [0.2, 0.25) is 0 Å². The van der Waals surface area contributed by atoms with E-state index in [0.717, 1.165) is 10.9 Å². The number of aryl methyl sites for hydroxylation is 1. The van der Waals surface area contributed by atoms with Crippen molar-refractivity contribution < 1.29 is 9.32 Å². The smallest absolute Gasteiger partial charge is 0.248 e. The number of amides is 1. The Kier molecular flexibility index (Phi) is 3.87. The fraction of sp³-hybridized carbons (Fsp3) is 0.235. The average Bonchev–Trinajstić information content (AvgIpc) is 2.94. The zero-order valence-corrected chi connectivity index (χ0v) is 12.5. The van der Waals surface area contributed by atoms with E-state index in [1.807, 2.05) is 43.3 Å². The van der Waals surface area contributed by atoms with Crippen LogP contribution in [0.1, 0.15) is 30.2 Å². The molecule has 0 aliphatic carbocycles. The average molecular weight is 295 g/mol. The number of nitrogens with zero attached hydrogens (tertiary/aromatic N) is 2. The fourth-order valence-corrected chi connectivity index (χ4v) is 2.38. The fourth-order valence-electron chi connectivity index (χ4n) is 2.38. The van der Waals surface area contributed by atoms with E-state index in [1.165, 1.54) is 5.39 Å². The largest absolute Gasteiger partial charge is 0.344 e. The SMILES string of the molecule is Cc1noc([C@@H](C)NC(=O)Cc2ccc3ccccc3c2)n1. The van der Waals surface area contributed by atoms with Crippen molar-refractivity contribution >= 4 is 16.7 Å². The number of rotatable bonds is 4. The topological polar surface area (TPSA) is 68.0 Å². The highest BCUT2D eigenvalue weighted by Crippen LogP contribution is 2.16. The minimum Gasteiger partial charge on any atom is -0.344 e. The molecule has 1 heterocycles. The quantitative estimate of drug-likeness (QED) is 0.803. The van der Waals surface area contributed by atoms with Crippen LogP contribution in [-0.2, 0) is 11.2 Å². The number of fused-ring (bicyclic) bond motifs is 1. The molecular formula is C17H17N3O2. The van der Waals surface area contributed by atoms with Gasteiger partial charge in [0.1, 0.15) is 6.04 Å². The Morgan fingerprint density at radius 1 is 1.23 bits per heavy atom. The lowest BCUT2D eigenvalue weighted by molar-refractivity contribution is -0.121. The molecule has 0 fully saturated rings. The molecule has 5 nitrogen and oxygen atoms in total. The molecule has 2 aromatic carbocycles. The zero-order chi connectivity index (χ0) is 15.5. The summed E-state index contributed by atoms with van der Waals surface area (Å²) < 4.78 is 5.06. The number of aromatic nitrogens is 2. The van der Waals surface area contributed by atoms with Crippen LogP contribution < -0.4 is 5.32 Å². The van der Waals surface area contributed by atoms with Gasteiger partial charge in [-0.2, -0.15) is 4.98 Å². The number of hydrogen-bond acceptors (Lipinski definition) is 4. The predicted octanol–water partition coefficient (Wildman–Crippen LogP) is 2.95. The second-order valence-electron chi connectivity index (χ2n) is 5.33. The third kappa shape index (κ3) is 3.14. The molecule has 1 atom stereocenters. The third-order valence-electron chi connectivity index (χ3n) is 3.47. The van der Waals surface area contributed by atoms with Gasteiger partial charge in [0, 0.05) is 0 Å². The number of nitrogens with one attached hydrogen (secondary N) is 1. The first-order valence-corrected chi connectivity index (χ1v) is 7.19. The first-order valence-electron chi connectivity index (χ1n) is 7.19. The van der Waals surface area contributed by atoms with E-state index in [9.17, 15) is 4.79 Å². The standard InChI is InChI=1S/C17H17N3O2/c1-11(17-19-12(2)20-22-17)18-16(21)10-13-7-8-14-5-3-4-6-15(14)9-13/h3-9,11H,10H2,1-2H3,(H,18,21)/t11-/m1/s1. The van der Waals surface area contributed by atoms with Gasteiger partial charge in [-0.1, -0.05) is 47.6 Å². The molecular weight excluding hydrogens is 278 g/mol. The van der Waals surface area contributed by atoms with Crippen molar-refractivity contribution in [1.82, 2.24) is 15.5 Å².